The summed E-state index contributed by atoms with van der Waals surface area (Å²) in [5, 5.41) is 0. The fraction of sp³-hybridized carbons (Fsp3) is 0.700. The zero-order chi connectivity index (χ0) is 9.80. The average molecular weight is 195 g/mol. The van der Waals surface area contributed by atoms with E-state index >= 15 is 0 Å². The van der Waals surface area contributed by atoms with E-state index in [-0.39, 0.29) is 0 Å². The van der Waals surface area contributed by atoms with Crippen LogP contribution in [-0.4, -0.2) is 24.1 Å². The standard InChI is InChI=1S/C10H17N3O/c11-5-4-9-3-1-2-7-13(9)10-12-6-8-14-10/h6,8-9H,1-5,7,11H2. The molecular formula is C10H17N3O. The molecule has 0 saturated carbocycles. The van der Waals surface area contributed by atoms with Crippen LogP contribution in [0.5, 0.6) is 0 Å². The Morgan fingerprint density at radius 2 is 2.50 bits per heavy atom. The van der Waals surface area contributed by atoms with E-state index < -0.39 is 0 Å². The molecule has 78 valence electrons. The van der Waals surface area contributed by atoms with E-state index in [1.54, 1.807) is 12.5 Å². The molecule has 1 unspecified atom stereocenters. The first-order chi connectivity index (χ1) is 6.92. The molecule has 1 aliphatic heterocycles. The van der Waals surface area contributed by atoms with Gasteiger partial charge in [-0.15, -0.1) is 0 Å². The summed E-state index contributed by atoms with van der Waals surface area (Å²) in [6, 6.07) is 1.27. The van der Waals surface area contributed by atoms with Gasteiger partial charge in [-0.2, -0.15) is 0 Å². The third kappa shape index (κ3) is 1.90. The van der Waals surface area contributed by atoms with Crippen molar-refractivity contribution in [2.45, 2.75) is 31.7 Å². The van der Waals surface area contributed by atoms with Gasteiger partial charge < -0.3 is 15.1 Å². The van der Waals surface area contributed by atoms with Gasteiger partial charge in [0.1, 0.15) is 6.26 Å². The van der Waals surface area contributed by atoms with E-state index in [1.165, 1.54) is 19.3 Å². The highest BCUT2D eigenvalue weighted by atomic mass is 16.4. The third-order valence-corrected chi connectivity index (χ3v) is 2.79. The van der Waals surface area contributed by atoms with E-state index in [2.05, 4.69) is 9.88 Å². The van der Waals surface area contributed by atoms with Crippen LogP contribution in [0.2, 0.25) is 0 Å². The molecule has 1 saturated heterocycles. The molecule has 2 rings (SSSR count). The van der Waals surface area contributed by atoms with Crippen molar-refractivity contribution < 1.29 is 4.42 Å². The minimum Gasteiger partial charge on any atom is -0.432 e. The first-order valence-corrected chi connectivity index (χ1v) is 5.28. The quantitative estimate of drug-likeness (QED) is 0.791. The van der Waals surface area contributed by atoms with Crippen molar-refractivity contribution in [3.05, 3.63) is 12.5 Å². The first kappa shape index (κ1) is 9.52. The van der Waals surface area contributed by atoms with Gasteiger partial charge in [0.25, 0.3) is 6.01 Å². The molecule has 0 spiro atoms. The molecule has 0 aromatic carbocycles. The fourth-order valence-corrected chi connectivity index (χ4v) is 2.10. The number of rotatable bonds is 3. The van der Waals surface area contributed by atoms with Crippen molar-refractivity contribution in [2.75, 3.05) is 18.0 Å². The Morgan fingerprint density at radius 3 is 3.21 bits per heavy atom. The van der Waals surface area contributed by atoms with Gasteiger partial charge in [0, 0.05) is 12.6 Å². The Labute approximate surface area is 84.1 Å². The highest BCUT2D eigenvalue weighted by Crippen LogP contribution is 2.24. The van der Waals surface area contributed by atoms with Crippen LogP contribution in [0.15, 0.2) is 16.9 Å². The van der Waals surface area contributed by atoms with Gasteiger partial charge in [-0.1, -0.05) is 0 Å². The molecule has 0 amide bonds. The smallest absolute Gasteiger partial charge is 0.297 e. The lowest BCUT2D eigenvalue weighted by Gasteiger charge is -2.34. The molecular weight excluding hydrogens is 178 g/mol. The van der Waals surface area contributed by atoms with Crippen molar-refractivity contribution in [2.24, 2.45) is 5.73 Å². The van der Waals surface area contributed by atoms with Gasteiger partial charge in [0.05, 0.1) is 6.20 Å². The van der Waals surface area contributed by atoms with Crippen molar-refractivity contribution in [3.8, 4) is 0 Å². The largest absolute Gasteiger partial charge is 0.432 e. The maximum atomic E-state index is 5.60. The Morgan fingerprint density at radius 1 is 1.57 bits per heavy atom. The maximum absolute atomic E-state index is 5.60. The van der Waals surface area contributed by atoms with Gasteiger partial charge in [0.2, 0.25) is 0 Å². The van der Waals surface area contributed by atoms with Crippen LogP contribution in [0.1, 0.15) is 25.7 Å². The van der Waals surface area contributed by atoms with Crippen LogP contribution in [-0.2, 0) is 0 Å². The average Bonchev–Trinajstić information content (AvgIpc) is 2.72. The number of nitrogens with zero attached hydrogens (tertiary/aromatic N) is 2. The molecule has 1 aromatic rings. The lowest BCUT2D eigenvalue weighted by Crippen LogP contribution is -2.40. The molecule has 1 atom stereocenters. The Balaban J connectivity index is 2.06. The van der Waals surface area contributed by atoms with Gasteiger partial charge in [-0.3, -0.25) is 0 Å². The van der Waals surface area contributed by atoms with E-state index in [0.717, 1.165) is 25.5 Å². The highest BCUT2D eigenvalue weighted by molar-refractivity contribution is 5.27. The Kier molecular flexibility index (Phi) is 3.03. The van der Waals surface area contributed by atoms with Crippen LogP contribution in [0.25, 0.3) is 0 Å². The lowest BCUT2D eigenvalue weighted by molar-refractivity contribution is 0.404. The number of oxazole rings is 1. The third-order valence-electron chi connectivity index (χ3n) is 2.79. The summed E-state index contributed by atoms with van der Waals surface area (Å²) in [5.74, 6) is 0. The zero-order valence-electron chi connectivity index (χ0n) is 8.35. The van der Waals surface area contributed by atoms with Crippen LogP contribution in [0.4, 0.5) is 6.01 Å². The van der Waals surface area contributed by atoms with E-state index in [9.17, 15) is 0 Å². The van der Waals surface area contributed by atoms with Crippen molar-refractivity contribution in [3.63, 3.8) is 0 Å². The SMILES string of the molecule is NCCC1CCCCN1c1ncco1. The number of piperidine rings is 1. The van der Waals surface area contributed by atoms with Crippen molar-refractivity contribution in [1.29, 1.82) is 0 Å². The molecule has 14 heavy (non-hydrogen) atoms. The molecule has 2 N–H and O–H groups in total. The van der Waals surface area contributed by atoms with Gasteiger partial charge in [-0.25, -0.2) is 4.98 Å². The van der Waals surface area contributed by atoms with Gasteiger partial charge in [-0.05, 0) is 32.2 Å². The highest BCUT2D eigenvalue weighted by Gasteiger charge is 2.24. The molecule has 4 heteroatoms. The number of aromatic nitrogens is 1. The molecule has 0 radical (unpaired) electrons. The fourth-order valence-electron chi connectivity index (χ4n) is 2.10. The summed E-state index contributed by atoms with van der Waals surface area (Å²) in [5.41, 5.74) is 5.60. The molecule has 1 fully saturated rings. The number of anilines is 1. The van der Waals surface area contributed by atoms with E-state index in [4.69, 9.17) is 10.2 Å². The minimum atomic E-state index is 0.521. The molecule has 0 aliphatic carbocycles. The molecule has 2 heterocycles. The van der Waals surface area contributed by atoms with E-state index in [1.807, 2.05) is 0 Å². The van der Waals surface area contributed by atoms with Crippen LogP contribution in [0.3, 0.4) is 0 Å². The molecule has 4 nitrogen and oxygen atoms in total. The topological polar surface area (TPSA) is 55.3 Å². The van der Waals surface area contributed by atoms with Crippen LogP contribution >= 0.6 is 0 Å². The second-order valence-corrected chi connectivity index (χ2v) is 3.74. The summed E-state index contributed by atoms with van der Waals surface area (Å²) in [6.07, 6.45) is 8.08. The van der Waals surface area contributed by atoms with E-state index in [0.29, 0.717) is 6.04 Å². The summed E-state index contributed by atoms with van der Waals surface area (Å²) >= 11 is 0. The Hall–Kier alpha value is -1.03. The molecule has 1 aliphatic rings. The summed E-state index contributed by atoms with van der Waals surface area (Å²) in [4.78, 5) is 6.44. The number of hydrogen-bond acceptors (Lipinski definition) is 4. The van der Waals surface area contributed by atoms with Gasteiger partial charge in [0.15, 0.2) is 0 Å². The van der Waals surface area contributed by atoms with Gasteiger partial charge >= 0.3 is 0 Å². The summed E-state index contributed by atoms with van der Waals surface area (Å²) in [6.45, 7) is 1.78. The zero-order valence-corrected chi connectivity index (χ0v) is 8.35. The normalized spacial score (nSPS) is 22.6. The second kappa shape index (κ2) is 4.46. The van der Waals surface area contributed by atoms with Crippen LogP contribution < -0.4 is 10.6 Å². The predicted octanol–water partition coefficient (Wildman–Crippen LogP) is 1.38. The number of hydrogen-bond donors (Lipinski definition) is 1. The first-order valence-electron chi connectivity index (χ1n) is 5.28. The summed E-state index contributed by atoms with van der Waals surface area (Å²) in [7, 11) is 0. The van der Waals surface area contributed by atoms with Crippen molar-refractivity contribution in [1.82, 2.24) is 4.98 Å². The Bertz CT molecular complexity index is 258. The number of nitrogens with two attached hydrogens (primary N) is 1. The predicted molar refractivity (Wildman–Crippen MR) is 55.2 cm³/mol. The minimum absolute atomic E-state index is 0.521. The van der Waals surface area contributed by atoms with Crippen LogP contribution in [0, 0.1) is 0 Å². The molecule has 0 bridgehead atoms. The monoisotopic (exact) mass is 195 g/mol. The molecule has 1 aromatic heterocycles. The van der Waals surface area contributed by atoms with Crippen molar-refractivity contribution >= 4 is 6.01 Å². The maximum Gasteiger partial charge on any atom is 0.297 e. The second-order valence-electron chi connectivity index (χ2n) is 3.74. The summed E-state index contributed by atoms with van der Waals surface area (Å²) < 4.78 is 5.32. The lowest BCUT2D eigenvalue weighted by atomic mass is 10.00.